The minimum Gasteiger partial charge on any atom is -0.490 e. The zero-order valence-electron chi connectivity index (χ0n) is 19.0. The normalized spacial score (nSPS) is 10.7. The van der Waals surface area contributed by atoms with Crippen LogP contribution in [0.25, 0.3) is 0 Å². The summed E-state index contributed by atoms with van der Waals surface area (Å²) < 4.78 is 16.8. The lowest BCUT2D eigenvalue weighted by Crippen LogP contribution is -2.06. The van der Waals surface area contributed by atoms with Gasteiger partial charge in [0, 0.05) is 0 Å². The molecule has 0 saturated carbocycles. The summed E-state index contributed by atoms with van der Waals surface area (Å²) in [5.74, 6) is 1.27. The number of rotatable bonds is 18. The van der Waals surface area contributed by atoms with Crippen LogP contribution in [-0.2, 0) is 16.0 Å². The Morgan fingerprint density at radius 2 is 1.24 bits per heavy atom. The van der Waals surface area contributed by atoms with Gasteiger partial charge in [-0.25, -0.2) is 0 Å². The van der Waals surface area contributed by atoms with Crippen molar-refractivity contribution in [3.8, 4) is 11.5 Å². The number of ether oxygens (including phenoxy) is 3. The molecule has 29 heavy (non-hydrogen) atoms. The Kier molecular flexibility index (Phi) is 15.0. The highest BCUT2D eigenvalue weighted by molar-refractivity contribution is 5.72. The van der Waals surface area contributed by atoms with Crippen molar-refractivity contribution in [2.24, 2.45) is 0 Å². The maximum Gasteiger partial charge on any atom is 0.309 e. The first kappa shape index (κ1) is 25.3. The molecule has 0 aliphatic heterocycles. The van der Waals surface area contributed by atoms with Crippen LogP contribution in [0.4, 0.5) is 0 Å². The Balaban J connectivity index is 2.50. The van der Waals surface area contributed by atoms with Crippen molar-refractivity contribution in [2.45, 2.75) is 97.3 Å². The fourth-order valence-corrected chi connectivity index (χ4v) is 3.26. The van der Waals surface area contributed by atoms with E-state index in [-0.39, 0.29) is 12.4 Å². The summed E-state index contributed by atoms with van der Waals surface area (Å²) in [7, 11) is 1.41. The van der Waals surface area contributed by atoms with E-state index in [4.69, 9.17) is 14.2 Å². The molecular weight excluding hydrogens is 364 g/mol. The average molecular weight is 407 g/mol. The van der Waals surface area contributed by atoms with E-state index in [0.717, 1.165) is 29.9 Å². The molecule has 1 aromatic rings. The zero-order chi connectivity index (χ0) is 21.2. The highest BCUT2D eigenvalue weighted by Gasteiger charge is 2.10. The molecule has 0 radical (unpaired) electrons. The number of methoxy groups -OCH3 is 1. The fourth-order valence-electron chi connectivity index (χ4n) is 3.26. The van der Waals surface area contributed by atoms with Gasteiger partial charge in [-0.2, -0.15) is 0 Å². The molecule has 0 N–H and O–H groups in total. The van der Waals surface area contributed by atoms with Crippen LogP contribution in [0.15, 0.2) is 18.2 Å². The molecule has 4 nitrogen and oxygen atoms in total. The summed E-state index contributed by atoms with van der Waals surface area (Å²) in [6, 6.07) is 5.77. The first-order valence-corrected chi connectivity index (χ1v) is 11.7. The molecule has 0 amide bonds. The highest BCUT2D eigenvalue weighted by atomic mass is 16.5. The maximum absolute atomic E-state index is 11.6. The van der Waals surface area contributed by atoms with Crippen molar-refractivity contribution < 1.29 is 19.0 Å². The van der Waals surface area contributed by atoms with E-state index >= 15 is 0 Å². The molecule has 0 atom stereocenters. The second kappa shape index (κ2) is 17.2. The molecule has 1 aromatic carbocycles. The molecule has 0 fully saturated rings. The zero-order valence-corrected chi connectivity index (χ0v) is 19.0. The second-order valence-electron chi connectivity index (χ2n) is 7.77. The topological polar surface area (TPSA) is 44.8 Å². The molecule has 0 bridgehead atoms. The standard InChI is InChI=1S/C25H42O4/c1-4-6-8-10-12-14-18-28-23-17-16-22(21-25(26)27-3)20-24(23)29-19-15-13-11-9-7-5-2/h16-17,20H,4-15,18-19,21H2,1-3H3. The van der Waals surface area contributed by atoms with Crippen LogP contribution in [-0.4, -0.2) is 26.3 Å². The number of hydrogen-bond acceptors (Lipinski definition) is 4. The first-order valence-electron chi connectivity index (χ1n) is 11.7. The van der Waals surface area contributed by atoms with Gasteiger partial charge in [-0.3, -0.25) is 4.79 Å². The largest absolute Gasteiger partial charge is 0.490 e. The van der Waals surface area contributed by atoms with Crippen molar-refractivity contribution in [3.05, 3.63) is 23.8 Å². The molecular formula is C25H42O4. The average Bonchev–Trinajstić information content (AvgIpc) is 2.73. The van der Waals surface area contributed by atoms with Crippen LogP contribution >= 0.6 is 0 Å². The summed E-state index contributed by atoms with van der Waals surface area (Å²) in [6.45, 7) is 5.86. The van der Waals surface area contributed by atoms with Gasteiger partial charge >= 0.3 is 5.97 Å². The van der Waals surface area contributed by atoms with Crippen LogP contribution in [0.3, 0.4) is 0 Å². The Morgan fingerprint density at radius 3 is 1.79 bits per heavy atom. The number of hydrogen-bond donors (Lipinski definition) is 0. The van der Waals surface area contributed by atoms with Gasteiger partial charge in [0.25, 0.3) is 0 Å². The fraction of sp³-hybridized carbons (Fsp3) is 0.720. The van der Waals surface area contributed by atoms with Gasteiger partial charge in [0.05, 0.1) is 26.7 Å². The van der Waals surface area contributed by atoms with Gasteiger partial charge in [0.15, 0.2) is 11.5 Å². The lowest BCUT2D eigenvalue weighted by atomic mass is 10.1. The van der Waals surface area contributed by atoms with E-state index in [0.29, 0.717) is 13.2 Å². The van der Waals surface area contributed by atoms with Gasteiger partial charge in [-0.05, 0) is 30.5 Å². The second-order valence-corrected chi connectivity index (χ2v) is 7.77. The molecule has 1 rings (SSSR count). The van der Waals surface area contributed by atoms with Gasteiger partial charge in [-0.1, -0.05) is 84.1 Å². The predicted molar refractivity (Wildman–Crippen MR) is 120 cm³/mol. The summed E-state index contributed by atoms with van der Waals surface area (Å²) in [5, 5.41) is 0. The van der Waals surface area contributed by atoms with Gasteiger partial charge in [0.1, 0.15) is 0 Å². The minimum atomic E-state index is -0.243. The van der Waals surface area contributed by atoms with Crippen LogP contribution in [0.5, 0.6) is 11.5 Å². The first-order chi connectivity index (χ1) is 14.2. The highest BCUT2D eigenvalue weighted by Crippen LogP contribution is 2.29. The molecule has 0 aliphatic rings. The van der Waals surface area contributed by atoms with Crippen molar-refractivity contribution in [1.82, 2.24) is 0 Å². The Labute approximate surface area is 178 Å². The third-order valence-corrected chi connectivity index (χ3v) is 5.10. The van der Waals surface area contributed by atoms with Crippen LogP contribution in [0, 0.1) is 0 Å². The van der Waals surface area contributed by atoms with Crippen LogP contribution in [0.2, 0.25) is 0 Å². The Bertz CT molecular complexity index is 542. The molecule has 0 spiro atoms. The number of benzene rings is 1. The number of esters is 1. The lowest BCUT2D eigenvalue weighted by molar-refractivity contribution is -0.139. The van der Waals surface area contributed by atoms with E-state index in [9.17, 15) is 4.79 Å². The molecule has 0 unspecified atom stereocenters. The molecule has 0 saturated heterocycles. The van der Waals surface area contributed by atoms with Crippen molar-refractivity contribution >= 4 is 5.97 Å². The third-order valence-electron chi connectivity index (χ3n) is 5.10. The van der Waals surface area contributed by atoms with E-state index in [2.05, 4.69) is 13.8 Å². The minimum absolute atomic E-state index is 0.243. The smallest absolute Gasteiger partial charge is 0.309 e. The molecule has 0 aromatic heterocycles. The molecule has 0 heterocycles. The summed E-state index contributed by atoms with van der Waals surface area (Å²) in [5.41, 5.74) is 0.890. The number of unbranched alkanes of at least 4 members (excludes halogenated alkanes) is 10. The Hall–Kier alpha value is -1.71. The van der Waals surface area contributed by atoms with Gasteiger partial charge < -0.3 is 14.2 Å². The van der Waals surface area contributed by atoms with Gasteiger partial charge in [0.2, 0.25) is 0 Å². The molecule has 0 aliphatic carbocycles. The monoisotopic (exact) mass is 406 g/mol. The van der Waals surface area contributed by atoms with Crippen LogP contribution in [0.1, 0.15) is 96.5 Å². The molecule has 4 heteroatoms. The SMILES string of the molecule is CCCCCCCCOc1ccc(CC(=O)OC)cc1OCCCCCCCC. The summed E-state index contributed by atoms with van der Waals surface area (Å²) in [4.78, 5) is 11.6. The van der Waals surface area contributed by atoms with Crippen molar-refractivity contribution in [2.75, 3.05) is 20.3 Å². The van der Waals surface area contributed by atoms with E-state index in [1.54, 1.807) is 0 Å². The summed E-state index contributed by atoms with van der Waals surface area (Å²) >= 11 is 0. The predicted octanol–water partition coefficient (Wildman–Crippen LogP) is 6.88. The van der Waals surface area contributed by atoms with E-state index in [1.807, 2.05) is 18.2 Å². The molecule has 166 valence electrons. The Morgan fingerprint density at radius 1 is 0.724 bits per heavy atom. The lowest BCUT2D eigenvalue weighted by Gasteiger charge is -2.14. The van der Waals surface area contributed by atoms with Crippen molar-refractivity contribution in [1.29, 1.82) is 0 Å². The van der Waals surface area contributed by atoms with Gasteiger partial charge in [-0.15, -0.1) is 0 Å². The quantitative estimate of drug-likeness (QED) is 0.197. The summed E-state index contributed by atoms with van der Waals surface area (Å²) in [6.07, 6.45) is 15.1. The van der Waals surface area contributed by atoms with E-state index in [1.165, 1.54) is 71.3 Å². The maximum atomic E-state index is 11.6. The van der Waals surface area contributed by atoms with Crippen LogP contribution < -0.4 is 9.47 Å². The van der Waals surface area contributed by atoms with E-state index < -0.39 is 0 Å². The number of carbonyl (C=O) groups is 1. The third kappa shape index (κ3) is 12.5. The number of carbonyl (C=O) groups excluding carboxylic acids is 1. The van der Waals surface area contributed by atoms with Crippen molar-refractivity contribution in [3.63, 3.8) is 0 Å².